The summed E-state index contributed by atoms with van der Waals surface area (Å²) < 4.78 is 4.98. The Bertz CT molecular complexity index is 156. The molecule has 0 radical (unpaired) electrons. The van der Waals surface area contributed by atoms with Crippen LogP contribution in [0.4, 0.5) is 4.79 Å². The molecule has 1 aliphatic rings. The number of rotatable bonds is 1. The van der Waals surface area contributed by atoms with Crippen LogP contribution in [0.2, 0.25) is 0 Å². The Morgan fingerprint density at radius 3 is 2.50 bits per heavy atom. The van der Waals surface area contributed by atoms with Gasteiger partial charge in [0.15, 0.2) is 0 Å². The van der Waals surface area contributed by atoms with Crippen LogP contribution in [-0.2, 0) is 4.74 Å². The highest BCUT2D eigenvalue weighted by Gasteiger charge is 2.36. The summed E-state index contributed by atoms with van der Waals surface area (Å²) in [7, 11) is 1.70. The summed E-state index contributed by atoms with van der Waals surface area (Å²) in [6.45, 7) is 4.35. The van der Waals surface area contributed by atoms with Gasteiger partial charge in [0.05, 0.1) is 6.54 Å². The maximum absolute atomic E-state index is 10.9. The van der Waals surface area contributed by atoms with Crippen LogP contribution < -0.4 is 5.43 Å². The van der Waals surface area contributed by atoms with E-state index in [0.29, 0.717) is 6.54 Å². The molecule has 1 aliphatic heterocycles. The molecule has 1 fully saturated rings. The van der Waals surface area contributed by atoms with Gasteiger partial charge in [-0.3, -0.25) is 0 Å². The molecule has 0 saturated carbocycles. The topological polar surface area (TPSA) is 41.6 Å². The van der Waals surface area contributed by atoms with Crippen LogP contribution in [-0.4, -0.2) is 30.3 Å². The number of hydrogen-bond donors (Lipinski definition) is 1. The second kappa shape index (κ2) is 2.12. The fourth-order valence-corrected chi connectivity index (χ4v) is 0.939. The number of nitrogens with one attached hydrogen (secondary N) is 1. The number of hydrazine groups is 1. The van der Waals surface area contributed by atoms with Gasteiger partial charge in [-0.1, -0.05) is 0 Å². The van der Waals surface area contributed by atoms with Crippen molar-refractivity contribution in [3.8, 4) is 0 Å². The average Bonchev–Trinajstić information content (AvgIpc) is 2.05. The lowest BCUT2D eigenvalue weighted by Crippen LogP contribution is -2.37. The summed E-state index contributed by atoms with van der Waals surface area (Å²) in [6, 6.07) is 0. The number of hydrogen-bond acceptors (Lipinski definition) is 3. The van der Waals surface area contributed by atoms with E-state index in [-0.39, 0.29) is 11.7 Å². The van der Waals surface area contributed by atoms with E-state index in [1.165, 1.54) is 5.01 Å². The van der Waals surface area contributed by atoms with Gasteiger partial charge in [-0.2, -0.15) is 0 Å². The van der Waals surface area contributed by atoms with Crippen molar-refractivity contribution in [2.75, 3.05) is 13.6 Å². The predicted octanol–water partition coefficient (Wildman–Crippen LogP) is 0.352. The first-order chi connectivity index (χ1) is 4.55. The third-order valence-corrected chi connectivity index (χ3v) is 1.39. The van der Waals surface area contributed by atoms with Crippen LogP contribution in [0, 0.1) is 0 Å². The number of amides is 1. The summed E-state index contributed by atoms with van der Waals surface area (Å²) in [5.41, 5.74) is 2.38. The smallest absolute Gasteiger partial charge is 0.424 e. The molecule has 0 aromatic carbocycles. The van der Waals surface area contributed by atoms with Crippen LogP contribution in [0.25, 0.3) is 0 Å². The quantitative estimate of drug-likeness (QED) is 0.577. The van der Waals surface area contributed by atoms with Crippen molar-refractivity contribution in [1.82, 2.24) is 10.4 Å². The summed E-state index contributed by atoms with van der Waals surface area (Å²) in [5, 5.41) is 1.44. The van der Waals surface area contributed by atoms with E-state index < -0.39 is 0 Å². The van der Waals surface area contributed by atoms with Crippen LogP contribution in [0.5, 0.6) is 0 Å². The third kappa shape index (κ3) is 1.21. The van der Waals surface area contributed by atoms with Gasteiger partial charge in [0.25, 0.3) is 0 Å². The lowest BCUT2D eigenvalue weighted by atomic mass is 10.1. The van der Waals surface area contributed by atoms with E-state index in [2.05, 4.69) is 5.43 Å². The predicted molar refractivity (Wildman–Crippen MR) is 36.3 cm³/mol. The molecule has 1 rings (SSSR count). The molecule has 4 heteroatoms. The zero-order chi connectivity index (χ0) is 7.78. The van der Waals surface area contributed by atoms with E-state index in [9.17, 15) is 4.79 Å². The first-order valence-corrected chi connectivity index (χ1v) is 3.23. The molecule has 1 amide bonds. The number of nitrogens with zero attached hydrogens (tertiary/aromatic N) is 1. The molecule has 10 heavy (non-hydrogen) atoms. The van der Waals surface area contributed by atoms with Crippen molar-refractivity contribution >= 4 is 6.09 Å². The summed E-state index contributed by atoms with van der Waals surface area (Å²) in [5.74, 6) is 0. The maximum Gasteiger partial charge on any atom is 0.424 e. The van der Waals surface area contributed by atoms with Gasteiger partial charge < -0.3 is 4.74 Å². The molecule has 58 valence electrons. The molecular weight excluding hydrogens is 132 g/mol. The second-order valence-electron chi connectivity index (χ2n) is 2.94. The summed E-state index contributed by atoms with van der Waals surface area (Å²) >= 11 is 0. The molecule has 4 nitrogen and oxygen atoms in total. The van der Waals surface area contributed by atoms with Gasteiger partial charge in [-0.25, -0.2) is 15.2 Å². The Labute approximate surface area is 60.1 Å². The number of ether oxygens (including phenoxy) is 1. The Balaban J connectivity index is 2.61. The number of carbonyl (C=O) groups is 1. The summed E-state index contributed by atoms with van der Waals surface area (Å²) in [6.07, 6.45) is -0.299. The SMILES string of the molecule is CNN1CC(C)(C)OC1=O. The van der Waals surface area contributed by atoms with Gasteiger partial charge in [0.1, 0.15) is 5.60 Å². The highest BCUT2D eigenvalue weighted by molar-refractivity contribution is 5.69. The van der Waals surface area contributed by atoms with Crippen molar-refractivity contribution in [2.45, 2.75) is 19.4 Å². The molecule has 0 aromatic rings. The van der Waals surface area contributed by atoms with Gasteiger partial charge in [-0.05, 0) is 13.8 Å². The third-order valence-electron chi connectivity index (χ3n) is 1.39. The van der Waals surface area contributed by atoms with Crippen molar-refractivity contribution in [2.24, 2.45) is 0 Å². The molecule has 1 saturated heterocycles. The van der Waals surface area contributed by atoms with E-state index in [1.807, 2.05) is 13.8 Å². The van der Waals surface area contributed by atoms with E-state index in [0.717, 1.165) is 0 Å². The minimum atomic E-state index is -0.347. The normalized spacial score (nSPS) is 23.1. The number of carbonyl (C=O) groups excluding carboxylic acids is 1. The molecule has 0 atom stereocenters. The van der Waals surface area contributed by atoms with Crippen LogP contribution in [0.15, 0.2) is 0 Å². The fraction of sp³-hybridized carbons (Fsp3) is 0.833. The molecule has 1 N–H and O–H groups in total. The second-order valence-corrected chi connectivity index (χ2v) is 2.94. The van der Waals surface area contributed by atoms with Crippen molar-refractivity contribution in [3.05, 3.63) is 0 Å². The Morgan fingerprint density at radius 1 is 1.70 bits per heavy atom. The Morgan fingerprint density at radius 2 is 2.30 bits per heavy atom. The minimum absolute atomic E-state index is 0.299. The molecule has 0 bridgehead atoms. The van der Waals surface area contributed by atoms with Gasteiger partial charge in [-0.15, -0.1) is 0 Å². The molecule has 0 unspecified atom stereocenters. The Hall–Kier alpha value is -0.770. The molecule has 1 heterocycles. The van der Waals surface area contributed by atoms with Crippen LogP contribution in [0.1, 0.15) is 13.8 Å². The molecule has 0 spiro atoms. The van der Waals surface area contributed by atoms with Gasteiger partial charge in [0.2, 0.25) is 0 Å². The number of cyclic esters (lactones) is 1. The van der Waals surface area contributed by atoms with Crippen LogP contribution >= 0.6 is 0 Å². The molecule has 0 aliphatic carbocycles. The highest BCUT2D eigenvalue weighted by atomic mass is 16.6. The fourth-order valence-electron chi connectivity index (χ4n) is 0.939. The lowest BCUT2D eigenvalue weighted by Gasteiger charge is -2.13. The lowest BCUT2D eigenvalue weighted by molar-refractivity contribution is 0.0854. The van der Waals surface area contributed by atoms with E-state index in [4.69, 9.17) is 4.74 Å². The first-order valence-electron chi connectivity index (χ1n) is 3.23. The standard InChI is InChI=1S/C6H12N2O2/c1-6(2)4-8(7-3)5(9)10-6/h7H,4H2,1-3H3. The van der Waals surface area contributed by atoms with Crippen molar-refractivity contribution in [3.63, 3.8) is 0 Å². The zero-order valence-corrected chi connectivity index (χ0v) is 6.47. The van der Waals surface area contributed by atoms with Crippen molar-refractivity contribution in [1.29, 1.82) is 0 Å². The first kappa shape index (κ1) is 7.34. The average molecular weight is 144 g/mol. The highest BCUT2D eigenvalue weighted by Crippen LogP contribution is 2.18. The maximum atomic E-state index is 10.9. The largest absolute Gasteiger partial charge is 0.440 e. The minimum Gasteiger partial charge on any atom is -0.440 e. The molecule has 0 aromatic heterocycles. The van der Waals surface area contributed by atoms with Gasteiger partial charge in [0, 0.05) is 7.05 Å². The summed E-state index contributed by atoms with van der Waals surface area (Å²) in [4.78, 5) is 10.9. The van der Waals surface area contributed by atoms with Crippen molar-refractivity contribution < 1.29 is 9.53 Å². The van der Waals surface area contributed by atoms with Gasteiger partial charge >= 0.3 is 6.09 Å². The monoisotopic (exact) mass is 144 g/mol. The van der Waals surface area contributed by atoms with E-state index >= 15 is 0 Å². The molecular formula is C6H12N2O2. The van der Waals surface area contributed by atoms with Crippen LogP contribution in [0.3, 0.4) is 0 Å². The van der Waals surface area contributed by atoms with E-state index in [1.54, 1.807) is 7.05 Å². The Kier molecular flexibility index (Phi) is 1.56. The zero-order valence-electron chi connectivity index (χ0n) is 6.47.